The number of aromatic nitrogens is 4. The summed E-state index contributed by atoms with van der Waals surface area (Å²) >= 11 is 2.76. The first-order chi connectivity index (χ1) is 8.81. The van der Waals surface area contributed by atoms with Crippen LogP contribution in [-0.4, -0.2) is 20.3 Å². The van der Waals surface area contributed by atoms with Crippen LogP contribution in [0.2, 0.25) is 0 Å². The highest BCUT2D eigenvalue weighted by Crippen LogP contribution is 2.27. The first kappa shape index (κ1) is 11.2. The Hall–Kier alpha value is -1.87. The molecule has 0 atom stereocenters. The molecule has 3 rings (SSSR count). The van der Waals surface area contributed by atoms with Crippen LogP contribution in [0.25, 0.3) is 11.6 Å². The molecule has 7 nitrogen and oxygen atoms in total. The van der Waals surface area contributed by atoms with E-state index in [2.05, 4.69) is 20.3 Å². The van der Waals surface area contributed by atoms with Crippen LogP contribution in [0.15, 0.2) is 31.7 Å². The largest absolute Gasteiger partial charge is 0.461 e. The first-order valence-corrected chi connectivity index (χ1v) is 6.70. The average molecular weight is 281 g/mol. The predicted molar refractivity (Wildman–Crippen MR) is 65.9 cm³/mol. The van der Waals surface area contributed by atoms with Gasteiger partial charge >= 0.3 is 0 Å². The molecular formula is C9H7N5O2S2. The zero-order valence-electron chi connectivity index (χ0n) is 8.94. The van der Waals surface area contributed by atoms with E-state index < -0.39 is 0 Å². The van der Waals surface area contributed by atoms with Crippen LogP contribution >= 0.6 is 23.1 Å². The molecule has 0 saturated carbocycles. The Labute approximate surface area is 109 Å². The minimum absolute atomic E-state index is 0.437. The topological polar surface area (TPSA) is 104 Å². The van der Waals surface area contributed by atoms with E-state index in [0.29, 0.717) is 28.4 Å². The van der Waals surface area contributed by atoms with E-state index in [9.17, 15) is 0 Å². The molecule has 18 heavy (non-hydrogen) atoms. The van der Waals surface area contributed by atoms with Gasteiger partial charge in [0.15, 0.2) is 10.1 Å². The van der Waals surface area contributed by atoms with Crippen molar-refractivity contribution < 1.29 is 8.94 Å². The Morgan fingerprint density at radius 3 is 3.06 bits per heavy atom. The summed E-state index contributed by atoms with van der Waals surface area (Å²) in [6, 6.07) is 3.54. The molecule has 9 heteroatoms. The second kappa shape index (κ2) is 4.78. The zero-order valence-corrected chi connectivity index (χ0v) is 10.6. The van der Waals surface area contributed by atoms with Gasteiger partial charge in [0, 0.05) is 0 Å². The molecule has 3 aromatic rings. The van der Waals surface area contributed by atoms with E-state index in [0.717, 1.165) is 4.34 Å². The third kappa shape index (κ3) is 2.36. The Morgan fingerprint density at radius 1 is 1.39 bits per heavy atom. The maximum absolute atomic E-state index is 5.48. The fourth-order valence-electron chi connectivity index (χ4n) is 1.22. The molecule has 2 N–H and O–H groups in total. The molecule has 92 valence electrons. The molecule has 3 aromatic heterocycles. The van der Waals surface area contributed by atoms with Crippen molar-refractivity contribution in [3.63, 3.8) is 0 Å². The second-order valence-corrected chi connectivity index (χ2v) is 5.42. The highest BCUT2D eigenvalue weighted by molar-refractivity contribution is 8.00. The lowest BCUT2D eigenvalue weighted by Gasteiger charge is -1.88. The molecule has 0 amide bonds. The van der Waals surface area contributed by atoms with E-state index >= 15 is 0 Å². The van der Waals surface area contributed by atoms with E-state index in [1.807, 2.05) is 0 Å². The number of nitrogen functional groups attached to an aromatic ring is 1. The molecule has 0 saturated heterocycles. The SMILES string of the molecule is Nc1nnc(SCc2nc(-c3ccco3)no2)s1. The Kier molecular flexibility index (Phi) is 2.99. The highest BCUT2D eigenvalue weighted by atomic mass is 32.2. The molecule has 0 unspecified atom stereocenters. The van der Waals surface area contributed by atoms with Crippen molar-refractivity contribution >= 4 is 28.2 Å². The Bertz CT molecular complexity index is 633. The summed E-state index contributed by atoms with van der Waals surface area (Å²) in [5.41, 5.74) is 5.48. The summed E-state index contributed by atoms with van der Waals surface area (Å²) in [6.07, 6.45) is 1.56. The van der Waals surface area contributed by atoms with E-state index in [4.69, 9.17) is 14.7 Å². The Balaban J connectivity index is 1.67. The molecule has 3 heterocycles. The van der Waals surface area contributed by atoms with Gasteiger partial charge in [-0.25, -0.2) is 0 Å². The minimum Gasteiger partial charge on any atom is -0.461 e. The summed E-state index contributed by atoms with van der Waals surface area (Å²) in [4.78, 5) is 4.21. The lowest BCUT2D eigenvalue weighted by molar-refractivity contribution is 0.390. The van der Waals surface area contributed by atoms with Crippen molar-refractivity contribution in [2.75, 3.05) is 5.73 Å². The molecule has 0 aliphatic rings. The van der Waals surface area contributed by atoms with Crippen molar-refractivity contribution in [1.29, 1.82) is 0 Å². The van der Waals surface area contributed by atoms with Crippen LogP contribution in [0, 0.1) is 0 Å². The lowest BCUT2D eigenvalue weighted by Crippen LogP contribution is -1.81. The zero-order chi connectivity index (χ0) is 12.4. The van der Waals surface area contributed by atoms with Crippen LogP contribution in [0.1, 0.15) is 5.89 Å². The third-order valence-electron chi connectivity index (χ3n) is 1.95. The molecule has 0 aliphatic carbocycles. The molecule has 0 bridgehead atoms. The summed E-state index contributed by atoms with van der Waals surface area (Å²) in [5.74, 6) is 2.03. The number of anilines is 1. The van der Waals surface area contributed by atoms with Gasteiger partial charge in [-0.1, -0.05) is 28.3 Å². The van der Waals surface area contributed by atoms with E-state index in [1.54, 1.807) is 18.4 Å². The van der Waals surface area contributed by atoms with Gasteiger partial charge < -0.3 is 14.7 Å². The number of hydrogen-bond donors (Lipinski definition) is 1. The average Bonchev–Trinajstić information content (AvgIpc) is 3.07. The number of hydrogen-bond acceptors (Lipinski definition) is 9. The molecule has 0 aliphatic heterocycles. The van der Waals surface area contributed by atoms with Gasteiger partial charge in [-0.2, -0.15) is 4.98 Å². The number of thioether (sulfide) groups is 1. The fraction of sp³-hybridized carbons (Fsp3) is 0.111. The van der Waals surface area contributed by atoms with Gasteiger partial charge in [0.2, 0.25) is 16.8 Å². The number of nitrogens with zero attached hydrogens (tertiary/aromatic N) is 4. The van der Waals surface area contributed by atoms with Crippen molar-refractivity contribution in [3.05, 3.63) is 24.3 Å². The van der Waals surface area contributed by atoms with Crippen LogP contribution in [0.4, 0.5) is 5.13 Å². The van der Waals surface area contributed by atoms with Crippen molar-refractivity contribution in [2.24, 2.45) is 0 Å². The quantitative estimate of drug-likeness (QED) is 0.724. The number of rotatable bonds is 4. The Morgan fingerprint density at radius 2 is 2.33 bits per heavy atom. The smallest absolute Gasteiger partial charge is 0.238 e. The summed E-state index contributed by atoms with van der Waals surface area (Å²) < 4.78 is 11.0. The van der Waals surface area contributed by atoms with Gasteiger partial charge in [0.1, 0.15) is 0 Å². The van der Waals surface area contributed by atoms with Crippen LogP contribution in [0.3, 0.4) is 0 Å². The monoisotopic (exact) mass is 281 g/mol. The van der Waals surface area contributed by atoms with E-state index in [-0.39, 0.29) is 0 Å². The van der Waals surface area contributed by atoms with Crippen LogP contribution < -0.4 is 5.73 Å². The van der Waals surface area contributed by atoms with Gasteiger partial charge in [0.25, 0.3) is 0 Å². The highest BCUT2D eigenvalue weighted by Gasteiger charge is 2.12. The van der Waals surface area contributed by atoms with E-state index in [1.165, 1.54) is 23.1 Å². The van der Waals surface area contributed by atoms with Gasteiger partial charge in [-0.05, 0) is 12.1 Å². The van der Waals surface area contributed by atoms with Crippen LogP contribution in [-0.2, 0) is 5.75 Å². The molecule has 0 fully saturated rings. The minimum atomic E-state index is 0.437. The summed E-state index contributed by atoms with van der Waals surface area (Å²) in [6.45, 7) is 0. The van der Waals surface area contributed by atoms with Gasteiger partial charge in [-0.3, -0.25) is 0 Å². The van der Waals surface area contributed by atoms with Gasteiger partial charge in [-0.15, -0.1) is 10.2 Å². The summed E-state index contributed by atoms with van der Waals surface area (Å²) in [7, 11) is 0. The molecular weight excluding hydrogens is 274 g/mol. The summed E-state index contributed by atoms with van der Waals surface area (Å²) in [5, 5.41) is 11.9. The van der Waals surface area contributed by atoms with Gasteiger partial charge in [0.05, 0.1) is 12.0 Å². The number of furan rings is 1. The van der Waals surface area contributed by atoms with Crippen molar-refractivity contribution in [1.82, 2.24) is 20.3 Å². The lowest BCUT2D eigenvalue weighted by atomic mass is 10.4. The third-order valence-corrected chi connectivity index (χ3v) is 3.82. The second-order valence-electron chi connectivity index (χ2n) is 3.18. The number of nitrogens with two attached hydrogens (primary N) is 1. The van der Waals surface area contributed by atoms with Crippen molar-refractivity contribution in [2.45, 2.75) is 10.1 Å². The van der Waals surface area contributed by atoms with Crippen molar-refractivity contribution in [3.8, 4) is 11.6 Å². The van der Waals surface area contributed by atoms with Crippen LogP contribution in [0.5, 0.6) is 0 Å². The first-order valence-electron chi connectivity index (χ1n) is 4.89. The fourth-order valence-corrected chi connectivity index (χ4v) is 2.70. The maximum Gasteiger partial charge on any atom is 0.238 e. The maximum atomic E-state index is 5.48. The molecule has 0 spiro atoms. The molecule has 0 aromatic carbocycles. The standard InChI is InChI=1S/C9H7N5O2S2/c10-8-12-13-9(18-8)17-4-6-11-7(14-16-6)5-2-1-3-15-5/h1-3H,4H2,(H2,10,12). The molecule has 0 radical (unpaired) electrons. The predicted octanol–water partition coefficient (Wildman–Crippen LogP) is 2.06. The normalized spacial score (nSPS) is 10.9.